The number of halogens is 4. The van der Waals surface area contributed by atoms with Crippen LogP contribution in [0.25, 0.3) is 5.57 Å². The van der Waals surface area contributed by atoms with Gasteiger partial charge < -0.3 is 30.1 Å². The monoisotopic (exact) mass is 699 g/mol. The van der Waals surface area contributed by atoms with E-state index in [2.05, 4.69) is 10.6 Å². The van der Waals surface area contributed by atoms with Crippen molar-refractivity contribution in [3.8, 4) is 11.5 Å². The average Bonchev–Trinajstić information content (AvgIpc) is 3.91. The Morgan fingerprint density at radius 1 is 1.02 bits per heavy atom. The van der Waals surface area contributed by atoms with E-state index >= 15 is 0 Å². The highest BCUT2D eigenvalue weighted by molar-refractivity contribution is 6.31. The largest absolute Gasteiger partial charge is 0.490 e. The van der Waals surface area contributed by atoms with Gasteiger partial charge in [-0.25, -0.2) is 0 Å². The highest BCUT2D eigenvalue weighted by atomic mass is 35.5. The number of benzene rings is 3. The molecule has 262 valence electrons. The van der Waals surface area contributed by atoms with Gasteiger partial charge in [0.1, 0.15) is 31.1 Å². The van der Waals surface area contributed by atoms with E-state index in [4.69, 9.17) is 21.1 Å². The number of para-hydroxylation sites is 1. The summed E-state index contributed by atoms with van der Waals surface area (Å²) in [6.07, 6.45) is -3.95. The van der Waals surface area contributed by atoms with Crippen LogP contribution in [0.1, 0.15) is 53.5 Å². The van der Waals surface area contributed by atoms with Crippen LogP contribution in [-0.4, -0.2) is 66.4 Å². The molecule has 0 aromatic heterocycles. The molecule has 0 spiro atoms. The van der Waals surface area contributed by atoms with Crippen LogP contribution in [0.5, 0.6) is 11.5 Å². The predicted octanol–water partition coefficient (Wildman–Crippen LogP) is 6.28. The topological polar surface area (TPSA) is 100 Å². The minimum absolute atomic E-state index is 0.0183. The van der Waals surface area contributed by atoms with Crippen LogP contribution in [0.4, 0.5) is 13.2 Å². The van der Waals surface area contributed by atoms with E-state index in [0.29, 0.717) is 53.7 Å². The molecule has 0 unspecified atom stereocenters. The molecule has 8 nitrogen and oxygen atoms in total. The maximum Gasteiger partial charge on any atom is 0.397 e. The number of rotatable bonds is 14. The number of hydrogen-bond donors (Lipinski definition) is 3. The molecule has 3 aromatic rings. The Balaban J connectivity index is 1.30. The van der Waals surface area contributed by atoms with Gasteiger partial charge in [-0.1, -0.05) is 54.1 Å². The van der Waals surface area contributed by atoms with Crippen molar-refractivity contribution < 1.29 is 37.3 Å². The lowest BCUT2D eigenvalue weighted by molar-refractivity contribution is -0.153. The molecule has 2 amide bonds. The van der Waals surface area contributed by atoms with E-state index < -0.39 is 24.5 Å². The third kappa shape index (κ3) is 9.77. The highest BCUT2D eigenvalue weighted by Crippen LogP contribution is 2.36. The molecule has 1 heterocycles. The summed E-state index contributed by atoms with van der Waals surface area (Å²) >= 11 is 6.53. The van der Waals surface area contributed by atoms with Gasteiger partial charge in [0.05, 0.1) is 12.6 Å². The fourth-order valence-electron chi connectivity index (χ4n) is 6.03. The molecule has 0 saturated heterocycles. The molecule has 12 heteroatoms. The van der Waals surface area contributed by atoms with Gasteiger partial charge in [-0.3, -0.25) is 9.59 Å². The molecule has 1 saturated carbocycles. The molecule has 49 heavy (non-hydrogen) atoms. The minimum atomic E-state index is -4.60. The van der Waals surface area contributed by atoms with Crippen molar-refractivity contribution >= 4 is 29.0 Å². The lowest BCUT2D eigenvalue weighted by atomic mass is 9.88. The summed E-state index contributed by atoms with van der Waals surface area (Å²) in [5, 5.41) is 16.3. The molecule has 1 atom stereocenters. The third-order valence-corrected chi connectivity index (χ3v) is 8.98. The first-order valence-corrected chi connectivity index (χ1v) is 16.7. The summed E-state index contributed by atoms with van der Waals surface area (Å²) in [5.41, 5.74) is 5.48. The van der Waals surface area contributed by atoms with E-state index in [1.165, 1.54) is 0 Å². The summed E-state index contributed by atoms with van der Waals surface area (Å²) in [7, 11) is 0. The fourth-order valence-corrected chi connectivity index (χ4v) is 6.21. The third-order valence-electron chi connectivity index (χ3n) is 8.61. The average molecular weight is 700 g/mol. The number of alkyl halides is 3. The number of hydrogen-bond acceptors (Lipinski definition) is 6. The van der Waals surface area contributed by atoms with Crippen LogP contribution in [0, 0.1) is 13.8 Å². The molecule has 1 aliphatic carbocycles. The molecule has 3 aromatic carbocycles. The summed E-state index contributed by atoms with van der Waals surface area (Å²) in [6, 6.07) is 17.9. The smallest absolute Gasteiger partial charge is 0.397 e. The number of ether oxygens (including phenoxy) is 2. The molecule has 3 N–H and O–H groups in total. The SMILES string of the molecule is Cc1cccc(C)c1OCCOc1ccc(C2=C(C(=O)N(Cc3cc(CNC(=O)CC(F)(F)F)ccc3Cl)C3CC3)[C@@H](CO)NCC2)cc1. The lowest BCUT2D eigenvalue weighted by Gasteiger charge is -2.33. The Bertz CT molecular complexity index is 1650. The molecule has 5 rings (SSSR count). The van der Waals surface area contributed by atoms with E-state index in [1.807, 2.05) is 56.3 Å². The first kappa shape index (κ1) is 36.2. The minimum Gasteiger partial charge on any atom is -0.490 e. The van der Waals surface area contributed by atoms with Crippen LogP contribution in [0.2, 0.25) is 5.02 Å². The van der Waals surface area contributed by atoms with Gasteiger partial charge in [-0.05, 0) is 91.2 Å². The maximum absolute atomic E-state index is 14.4. The summed E-state index contributed by atoms with van der Waals surface area (Å²) in [4.78, 5) is 27.8. The van der Waals surface area contributed by atoms with Crippen LogP contribution in [-0.2, 0) is 22.7 Å². The van der Waals surface area contributed by atoms with E-state index in [-0.39, 0.29) is 31.6 Å². The zero-order valence-corrected chi connectivity index (χ0v) is 28.3. The van der Waals surface area contributed by atoms with Crippen molar-refractivity contribution in [3.05, 3.63) is 99.1 Å². The molecule has 2 aliphatic rings. The summed E-state index contributed by atoms with van der Waals surface area (Å²) in [6.45, 7) is 5.13. The number of nitrogens with zero attached hydrogens (tertiary/aromatic N) is 1. The van der Waals surface area contributed by atoms with Crippen molar-refractivity contribution in [2.24, 2.45) is 0 Å². The number of aliphatic hydroxyl groups is 1. The number of aliphatic hydroxyl groups excluding tert-OH is 1. The molecular formula is C37H41ClF3N3O5. The Labute approximate surface area is 289 Å². The van der Waals surface area contributed by atoms with Gasteiger partial charge in [-0.2, -0.15) is 13.2 Å². The normalized spacial score (nSPS) is 16.3. The Morgan fingerprint density at radius 3 is 2.37 bits per heavy atom. The Kier molecular flexibility index (Phi) is 11.9. The number of amides is 2. The summed E-state index contributed by atoms with van der Waals surface area (Å²) in [5.74, 6) is 0.185. The van der Waals surface area contributed by atoms with Gasteiger partial charge in [0.25, 0.3) is 5.91 Å². The number of carbonyl (C=O) groups excluding carboxylic acids is 2. The Hall–Kier alpha value is -4.06. The number of carbonyl (C=O) groups is 2. The standard InChI is InChI=1S/C37H41ClF3N3O5/c1-23-4-3-5-24(2)35(23)49-17-16-48-29-11-7-26(8-12-29)30-14-15-42-32(22-45)34(30)36(47)44(28-9-10-28)21-27-18-25(6-13-31(27)38)20-43-33(46)19-37(39,40)41/h3-8,11-13,18,28,32,42,45H,9-10,14-17,19-22H2,1-2H3,(H,43,46)/t32-/m1/s1. The van der Waals surface area contributed by atoms with Crippen molar-refractivity contribution in [2.75, 3.05) is 26.4 Å². The molecule has 0 bridgehead atoms. The molecular weight excluding hydrogens is 659 g/mol. The van der Waals surface area contributed by atoms with Crippen LogP contribution in [0.3, 0.4) is 0 Å². The van der Waals surface area contributed by atoms with E-state index in [1.54, 1.807) is 23.1 Å². The van der Waals surface area contributed by atoms with E-state index in [0.717, 1.165) is 40.9 Å². The molecule has 1 fully saturated rings. The van der Waals surface area contributed by atoms with Crippen molar-refractivity contribution in [1.29, 1.82) is 0 Å². The van der Waals surface area contributed by atoms with Gasteiger partial charge >= 0.3 is 6.18 Å². The fraction of sp³-hybridized carbons (Fsp3) is 0.405. The first-order chi connectivity index (χ1) is 23.4. The second kappa shape index (κ2) is 16.1. The summed E-state index contributed by atoms with van der Waals surface area (Å²) < 4.78 is 49.6. The van der Waals surface area contributed by atoms with Crippen molar-refractivity contribution in [3.63, 3.8) is 0 Å². The van der Waals surface area contributed by atoms with Gasteiger partial charge in [0.2, 0.25) is 5.91 Å². The van der Waals surface area contributed by atoms with Crippen LogP contribution in [0.15, 0.2) is 66.2 Å². The van der Waals surface area contributed by atoms with Gasteiger partial charge in [0, 0.05) is 29.7 Å². The van der Waals surface area contributed by atoms with Crippen molar-refractivity contribution in [2.45, 2.75) is 70.9 Å². The zero-order valence-electron chi connectivity index (χ0n) is 27.5. The maximum atomic E-state index is 14.4. The van der Waals surface area contributed by atoms with E-state index in [9.17, 15) is 27.9 Å². The Morgan fingerprint density at radius 2 is 1.71 bits per heavy atom. The van der Waals surface area contributed by atoms with Crippen LogP contribution >= 0.6 is 11.6 Å². The highest BCUT2D eigenvalue weighted by Gasteiger charge is 2.38. The second-order valence-electron chi connectivity index (χ2n) is 12.4. The predicted molar refractivity (Wildman–Crippen MR) is 181 cm³/mol. The van der Waals surface area contributed by atoms with Gasteiger partial charge in [-0.15, -0.1) is 0 Å². The molecule has 1 aliphatic heterocycles. The van der Waals surface area contributed by atoms with Crippen LogP contribution < -0.4 is 20.1 Å². The quantitative estimate of drug-likeness (QED) is 0.171. The number of nitrogens with one attached hydrogen (secondary N) is 2. The second-order valence-corrected chi connectivity index (χ2v) is 12.8. The first-order valence-electron chi connectivity index (χ1n) is 16.3. The number of aryl methyl sites for hydroxylation is 2. The van der Waals surface area contributed by atoms with Crippen molar-refractivity contribution in [1.82, 2.24) is 15.5 Å². The lowest BCUT2D eigenvalue weighted by Crippen LogP contribution is -2.46. The van der Waals surface area contributed by atoms with Gasteiger partial charge in [0.15, 0.2) is 0 Å². The molecule has 0 radical (unpaired) electrons. The zero-order chi connectivity index (χ0) is 35.1.